The zero-order chi connectivity index (χ0) is 15.6. The first-order valence-corrected chi connectivity index (χ1v) is 9.93. The fourth-order valence-electron chi connectivity index (χ4n) is 1.64. The second kappa shape index (κ2) is 9.68. The molecular formula is C14H23N3O2S2. The van der Waals surface area contributed by atoms with Crippen LogP contribution < -0.4 is 10.6 Å². The molecule has 21 heavy (non-hydrogen) atoms. The summed E-state index contributed by atoms with van der Waals surface area (Å²) in [6.45, 7) is 3.77. The summed E-state index contributed by atoms with van der Waals surface area (Å²) in [5.41, 5.74) is 0. The third-order valence-electron chi connectivity index (χ3n) is 2.68. The van der Waals surface area contributed by atoms with E-state index in [-0.39, 0.29) is 5.75 Å². The number of nitrogens with zero attached hydrogens (tertiary/aromatic N) is 1. The van der Waals surface area contributed by atoms with Gasteiger partial charge in [0.2, 0.25) is 0 Å². The van der Waals surface area contributed by atoms with Crippen LogP contribution in [0.4, 0.5) is 0 Å². The fourth-order valence-corrected chi connectivity index (χ4v) is 3.09. The number of thioether (sulfide) groups is 1. The maximum Gasteiger partial charge on any atom is 0.191 e. The molecule has 0 spiro atoms. The number of rotatable bonds is 8. The van der Waals surface area contributed by atoms with Crippen LogP contribution in [0.3, 0.4) is 0 Å². The van der Waals surface area contributed by atoms with Crippen LogP contribution in [-0.2, 0) is 9.84 Å². The van der Waals surface area contributed by atoms with E-state index in [1.807, 2.05) is 13.2 Å². The van der Waals surface area contributed by atoms with Gasteiger partial charge in [-0.05, 0) is 25.3 Å². The van der Waals surface area contributed by atoms with Crippen molar-refractivity contribution in [2.45, 2.75) is 11.8 Å². The first-order valence-electron chi connectivity index (χ1n) is 6.89. The number of sulfone groups is 1. The first-order chi connectivity index (χ1) is 10.1. The van der Waals surface area contributed by atoms with Crippen molar-refractivity contribution >= 4 is 27.6 Å². The Hall–Kier alpha value is -1.21. The molecule has 0 aliphatic rings. The Morgan fingerprint density at radius 1 is 1.24 bits per heavy atom. The van der Waals surface area contributed by atoms with Gasteiger partial charge in [0.15, 0.2) is 15.8 Å². The summed E-state index contributed by atoms with van der Waals surface area (Å²) in [4.78, 5) is 4.73. The smallest absolute Gasteiger partial charge is 0.191 e. The van der Waals surface area contributed by atoms with Crippen LogP contribution in [0.5, 0.6) is 0 Å². The van der Waals surface area contributed by atoms with Gasteiger partial charge in [-0.3, -0.25) is 4.99 Å². The van der Waals surface area contributed by atoms with E-state index in [0.29, 0.717) is 23.9 Å². The van der Waals surface area contributed by atoms with Crippen molar-refractivity contribution in [1.82, 2.24) is 10.6 Å². The van der Waals surface area contributed by atoms with Gasteiger partial charge < -0.3 is 10.6 Å². The molecule has 1 aromatic rings. The van der Waals surface area contributed by atoms with E-state index in [2.05, 4.69) is 15.6 Å². The van der Waals surface area contributed by atoms with Gasteiger partial charge in [0.1, 0.15) is 0 Å². The lowest BCUT2D eigenvalue weighted by molar-refractivity contribution is 0.594. The molecule has 0 heterocycles. The Bertz CT molecular complexity index is 530. The second-order valence-corrected chi connectivity index (χ2v) is 7.41. The highest BCUT2D eigenvalue weighted by atomic mass is 32.2. The van der Waals surface area contributed by atoms with Crippen LogP contribution in [0.1, 0.15) is 6.92 Å². The van der Waals surface area contributed by atoms with E-state index >= 15 is 0 Å². The SMILES string of the molecule is CCNC(=NCCSC)NCCS(=O)(=O)c1ccccc1. The summed E-state index contributed by atoms with van der Waals surface area (Å²) >= 11 is 1.73. The maximum atomic E-state index is 12.1. The molecule has 5 nitrogen and oxygen atoms in total. The highest BCUT2D eigenvalue weighted by Gasteiger charge is 2.13. The standard InChI is InChI=1S/C14H23N3O2S2/c1-3-15-14(16-9-11-20-2)17-10-12-21(18,19)13-7-5-4-6-8-13/h4-8H,3,9-12H2,1-2H3,(H2,15,16,17). The summed E-state index contributed by atoms with van der Waals surface area (Å²) in [6.07, 6.45) is 2.03. The van der Waals surface area contributed by atoms with E-state index in [1.54, 1.807) is 42.1 Å². The molecule has 0 saturated heterocycles. The highest BCUT2D eigenvalue weighted by Crippen LogP contribution is 2.09. The maximum absolute atomic E-state index is 12.1. The average molecular weight is 329 g/mol. The fraction of sp³-hybridized carbons (Fsp3) is 0.500. The predicted octanol–water partition coefficient (Wildman–Crippen LogP) is 1.38. The van der Waals surface area contributed by atoms with Crippen molar-refractivity contribution in [1.29, 1.82) is 0 Å². The van der Waals surface area contributed by atoms with E-state index in [4.69, 9.17) is 0 Å². The van der Waals surface area contributed by atoms with E-state index in [0.717, 1.165) is 12.3 Å². The van der Waals surface area contributed by atoms with Crippen LogP contribution in [0, 0.1) is 0 Å². The van der Waals surface area contributed by atoms with Crippen LogP contribution in [-0.4, -0.2) is 51.8 Å². The molecule has 0 aromatic heterocycles. The normalized spacial score (nSPS) is 12.2. The summed E-state index contributed by atoms with van der Waals surface area (Å²) in [5, 5.41) is 6.16. The summed E-state index contributed by atoms with van der Waals surface area (Å²) in [5.74, 6) is 1.65. The average Bonchev–Trinajstić information content (AvgIpc) is 2.48. The van der Waals surface area contributed by atoms with Crippen molar-refractivity contribution in [2.24, 2.45) is 4.99 Å². The minimum Gasteiger partial charge on any atom is -0.357 e. The first kappa shape index (κ1) is 17.8. The molecule has 0 aliphatic carbocycles. The van der Waals surface area contributed by atoms with Gasteiger partial charge in [0, 0.05) is 18.8 Å². The van der Waals surface area contributed by atoms with Crippen molar-refractivity contribution in [2.75, 3.05) is 37.4 Å². The minimum atomic E-state index is -3.25. The van der Waals surface area contributed by atoms with Gasteiger partial charge in [0.05, 0.1) is 17.2 Å². The Kier molecular flexibility index (Phi) is 8.22. The summed E-state index contributed by atoms with van der Waals surface area (Å²) in [7, 11) is -3.25. The van der Waals surface area contributed by atoms with Crippen LogP contribution in [0.2, 0.25) is 0 Å². The number of guanidine groups is 1. The molecule has 7 heteroatoms. The van der Waals surface area contributed by atoms with Gasteiger partial charge in [-0.25, -0.2) is 8.42 Å². The lowest BCUT2D eigenvalue weighted by atomic mass is 10.4. The number of nitrogens with one attached hydrogen (secondary N) is 2. The zero-order valence-corrected chi connectivity index (χ0v) is 14.1. The quantitative estimate of drug-likeness (QED) is 0.428. The molecule has 1 rings (SSSR count). The number of benzene rings is 1. The lowest BCUT2D eigenvalue weighted by Gasteiger charge is -2.11. The van der Waals surface area contributed by atoms with Crippen LogP contribution in [0.15, 0.2) is 40.2 Å². The number of aliphatic imine (C=N–C) groups is 1. The van der Waals surface area contributed by atoms with Crippen molar-refractivity contribution < 1.29 is 8.42 Å². The Labute approximate surface area is 131 Å². The molecule has 0 radical (unpaired) electrons. The molecule has 0 amide bonds. The van der Waals surface area contributed by atoms with Gasteiger partial charge >= 0.3 is 0 Å². The van der Waals surface area contributed by atoms with Crippen molar-refractivity contribution in [3.8, 4) is 0 Å². The minimum absolute atomic E-state index is 0.0456. The Morgan fingerprint density at radius 2 is 1.95 bits per heavy atom. The van der Waals surface area contributed by atoms with Gasteiger partial charge in [-0.15, -0.1) is 0 Å². The molecule has 118 valence electrons. The molecule has 0 aliphatic heterocycles. The number of hydrogen-bond acceptors (Lipinski definition) is 4. The van der Waals surface area contributed by atoms with E-state index in [9.17, 15) is 8.42 Å². The van der Waals surface area contributed by atoms with Crippen molar-refractivity contribution in [3.63, 3.8) is 0 Å². The molecule has 0 fully saturated rings. The van der Waals surface area contributed by atoms with Gasteiger partial charge in [0.25, 0.3) is 0 Å². The molecule has 0 atom stereocenters. The third kappa shape index (κ3) is 6.86. The zero-order valence-electron chi connectivity index (χ0n) is 12.5. The summed E-state index contributed by atoms with van der Waals surface area (Å²) in [6, 6.07) is 8.50. The van der Waals surface area contributed by atoms with E-state index < -0.39 is 9.84 Å². The second-order valence-electron chi connectivity index (χ2n) is 4.31. The Balaban J connectivity index is 2.51. The van der Waals surface area contributed by atoms with E-state index in [1.165, 1.54) is 0 Å². The summed E-state index contributed by atoms with van der Waals surface area (Å²) < 4.78 is 24.3. The molecule has 0 bridgehead atoms. The Morgan fingerprint density at radius 3 is 2.57 bits per heavy atom. The molecule has 0 unspecified atom stereocenters. The molecule has 0 saturated carbocycles. The predicted molar refractivity (Wildman–Crippen MR) is 90.9 cm³/mol. The van der Waals surface area contributed by atoms with Gasteiger partial charge in [-0.2, -0.15) is 11.8 Å². The van der Waals surface area contributed by atoms with Gasteiger partial charge in [-0.1, -0.05) is 18.2 Å². The molecule has 2 N–H and O–H groups in total. The van der Waals surface area contributed by atoms with Crippen LogP contribution in [0.25, 0.3) is 0 Å². The number of hydrogen-bond donors (Lipinski definition) is 2. The monoisotopic (exact) mass is 329 g/mol. The lowest BCUT2D eigenvalue weighted by Crippen LogP contribution is -2.39. The van der Waals surface area contributed by atoms with Crippen LogP contribution >= 0.6 is 11.8 Å². The van der Waals surface area contributed by atoms with Crippen molar-refractivity contribution in [3.05, 3.63) is 30.3 Å². The third-order valence-corrected chi connectivity index (χ3v) is 5.00. The highest BCUT2D eigenvalue weighted by molar-refractivity contribution is 7.98. The molecular weight excluding hydrogens is 306 g/mol. The topological polar surface area (TPSA) is 70.6 Å². The molecule has 1 aromatic carbocycles. The largest absolute Gasteiger partial charge is 0.357 e.